The third-order valence-electron chi connectivity index (χ3n) is 4.35. The molecule has 3 rings (SSSR count). The van der Waals surface area contributed by atoms with Gasteiger partial charge in [0.2, 0.25) is 0 Å². The summed E-state index contributed by atoms with van der Waals surface area (Å²) in [4.78, 5) is 18.7. The Labute approximate surface area is 147 Å². The van der Waals surface area contributed by atoms with Crippen LogP contribution >= 0.6 is 0 Å². The largest absolute Gasteiger partial charge is 0.490 e. The number of carbonyl (C=O) groups excluding carboxylic acids is 1. The van der Waals surface area contributed by atoms with Crippen LogP contribution in [0.2, 0.25) is 0 Å². The van der Waals surface area contributed by atoms with Crippen LogP contribution in [-0.4, -0.2) is 48.2 Å². The molecule has 0 bridgehead atoms. The zero-order valence-corrected chi connectivity index (χ0v) is 14.1. The third kappa shape index (κ3) is 3.98. The van der Waals surface area contributed by atoms with E-state index in [-0.39, 0.29) is 18.1 Å². The Balaban J connectivity index is 1.71. The van der Waals surface area contributed by atoms with Crippen molar-refractivity contribution in [1.29, 1.82) is 0 Å². The molecular formula is C20H20N2O3. The number of terminal acetylenes is 1. The summed E-state index contributed by atoms with van der Waals surface area (Å²) in [6.07, 6.45) is 9.47. The first kappa shape index (κ1) is 17.0. The summed E-state index contributed by atoms with van der Waals surface area (Å²) < 4.78 is 11.3. The zero-order chi connectivity index (χ0) is 17.6. The van der Waals surface area contributed by atoms with E-state index in [0.717, 1.165) is 12.0 Å². The molecule has 25 heavy (non-hydrogen) atoms. The lowest BCUT2D eigenvalue weighted by atomic mass is 10.1. The van der Waals surface area contributed by atoms with Gasteiger partial charge >= 0.3 is 0 Å². The summed E-state index contributed by atoms with van der Waals surface area (Å²) in [5.41, 5.74) is 1.37. The SMILES string of the molecule is C#Cc1ccc(C(=O)N2C[C@H](OC)C[C@@H]2COc2cccnc2)cc1. The van der Waals surface area contributed by atoms with E-state index in [1.54, 1.807) is 43.8 Å². The predicted molar refractivity (Wildman–Crippen MR) is 94.3 cm³/mol. The molecule has 128 valence electrons. The zero-order valence-electron chi connectivity index (χ0n) is 14.1. The van der Waals surface area contributed by atoms with Gasteiger partial charge in [0.25, 0.3) is 5.91 Å². The molecule has 0 radical (unpaired) electrons. The molecule has 5 nitrogen and oxygen atoms in total. The summed E-state index contributed by atoms with van der Waals surface area (Å²) in [6.45, 7) is 0.951. The first-order chi connectivity index (χ1) is 12.2. The molecule has 0 spiro atoms. The normalized spacial score (nSPS) is 19.4. The Morgan fingerprint density at radius 1 is 1.36 bits per heavy atom. The van der Waals surface area contributed by atoms with Crippen molar-refractivity contribution in [3.63, 3.8) is 0 Å². The van der Waals surface area contributed by atoms with Crippen LogP contribution in [-0.2, 0) is 4.74 Å². The average molecular weight is 336 g/mol. The first-order valence-electron chi connectivity index (χ1n) is 8.14. The first-order valence-corrected chi connectivity index (χ1v) is 8.14. The number of rotatable bonds is 5. The number of benzene rings is 1. The number of carbonyl (C=O) groups is 1. The molecule has 2 atom stereocenters. The van der Waals surface area contributed by atoms with Crippen LogP contribution in [0.5, 0.6) is 5.75 Å². The number of ether oxygens (including phenoxy) is 2. The van der Waals surface area contributed by atoms with Crippen molar-refractivity contribution < 1.29 is 14.3 Å². The highest BCUT2D eigenvalue weighted by Gasteiger charge is 2.36. The minimum atomic E-state index is -0.0510. The van der Waals surface area contributed by atoms with Crippen molar-refractivity contribution in [2.75, 3.05) is 20.3 Å². The van der Waals surface area contributed by atoms with Crippen LogP contribution in [0, 0.1) is 12.3 Å². The number of nitrogens with zero attached hydrogens (tertiary/aromatic N) is 2. The van der Waals surface area contributed by atoms with Gasteiger partial charge < -0.3 is 14.4 Å². The van der Waals surface area contributed by atoms with Crippen LogP contribution in [0.15, 0.2) is 48.8 Å². The second kappa shape index (κ2) is 7.82. The van der Waals surface area contributed by atoms with Gasteiger partial charge in [0.15, 0.2) is 0 Å². The molecule has 0 saturated carbocycles. The van der Waals surface area contributed by atoms with Gasteiger partial charge in [-0.3, -0.25) is 9.78 Å². The van der Waals surface area contributed by atoms with E-state index in [9.17, 15) is 4.79 Å². The van der Waals surface area contributed by atoms with Crippen LogP contribution in [0.4, 0.5) is 0 Å². The lowest BCUT2D eigenvalue weighted by molar-refractivity contribution is 0.0658. The Hall–Kier alpha value is -2.84. The van der Waals surface area contributed by atoms with Crippen molar-refractivity contribution >= 4 is 5.91 Å². The fourth-order valence-corrected chi connectivity index (χ4v) is 2.95. The number of amides is 1. The van der Waals surface area contributed by atoms with Gasteiger partial charge in [-0.05, 0) is 42.8 Å². The van der Waals surface area contributed by atoms with Crippen molar-refractivity contribution in [2.45, 2.75) is 18.6 Å². The molecule has 2 heterocycles. The second-order valence-electron chi connectivity index (χ2n) is 5.93. The quantitative estimate of drug-likeness (QED) is 0.787. The molecule has 1 fully saturated rings. The maximum Gasteiger partial charge on any atom is 0.254 e. The predicted octanol–water partition coefficient (Wildman–Crippen LogP) is 2.37. The van der Waals surface area contributed by atoms with E-state index < -0.39 is 0 Å². The van der Waals surface area contributed by atoms with Crippen molar-refractivity contribution in [2.24, 2.45) is 0 Å². The highest BCUT2D eigenvalue weighted by atomic mass is 16.5. The number of pyridine rings is 1. The van der Waals surface area contributed by atoms with E-state index in [0.29, 0.717) is 24.5 Å². The van der Waals surface area contributed by atoms with E-state index >= 15 is 0 Å². The molecule has 2 aromatic rings. The van der Waals surface area contributed by atoms with Crippen molar-refractivity contribution in [3.05, 3.63) is 59.9 Å². The van der Waals surface area contributed by atoms with Crippen LogP contribution in [0.3, 0.4) is 0 Å². The van der Waals surface area contributed by atoms with E-state index in [1.807, 2.05) is 17.0 Å². The van der Waals surface area contributed by atoms with Gasteiger partial charge in [0.05, 0.1) is 18.3 Å². The molecule has 0 N–H and O–H groups in total. The number of hydrogen-bond donors (Lipinski definition) is 0. The molecule has 5 heteroatoms. The standard InChI is InChI=1S/C20H20N2O3/c1-3-15-6-8-16(9-7-15)20(23)22-13-19(24-2)11-17(22)14-25-18-5-4-10-21-12-18/h1,4-10,12,17,19H,11,13-14H2,2H3/t17-,19-/m1/s1. The summed E-state index contributed by atoms with van der Waals surface area (Å²) in [6, 6.07) is 10.7. The van der Waals surface area contributed by atoms with Gasteiger partial charge in [-0.2, -0.15) is 0 Å². The average Bonchev–Trinajstić information content (AvgIpc) is 3.10. The van der Waals surface area contributed by atoms with E-state index in [1.165, 1.54) is 0 Å². The minimum Gasteiger partial charge on any atom is -0.490 e. The van der Waals surface area contributed by atoms with E-state index in [4.69, 9.17) is 15.9 Å². The molecule has 1 aromatic carbocycles. The molecule has 1 aromatic heterocycles. The van der Waals surface area contributed by atoms with Gasteiger partial charge in [0, 0.05) is 31.0 Å². The van der Waals surface area contributed by atoms with Gasteiger partial charge in [-0.15, -0.1) is 6.42 Å². The number of aromatic nitrogens is 1. The maximum atomic E-state index is 12.9. The Kier molecular flexibility index (Phi) is 5.32. The Morgan fingerprint density at radius 3 is 2.80 bits per heavy atom. The van der Waals surface area contributed by atoms with Gasteiger partial charge in [-0.1, -0.05) is 5.92 Å². The molecule has 1 saturated heterocycles. The number of likely N-dealkylation sites (tertiary alicyclic amines) is 1. The molecular weight excluding hydrogens is 316 g/mol. The topological polar surface area (TPSA) is 51.7 Å². The second-order valence-corrected chi connectivity index (χ2v) is 5.93. The van der Waals surface area contributed by atoms with Crippen LogP contribution in [0.25, 0.3) is 0 Å². The van der Waals surface area contributed by atoms with Gasteiger partial charge in [-0.25, -0.2) is 0 Å². The maximum absolute atomic E-state index is 12.9. The Bertz CT molecular complexity index is 753. The number of methoxy groups -OCH3 is 1. The van der Waals surface area contributed by atoms with Crippen molar-refractivity contribution in [1.82, 2.24) is 9.88 Å². The Morgan fingerprint density at radius 2 is 2.16 bits per heavy atom. The molecule has 1 aliphatic heterocycles. The van der Waals surface area contributed by atoms with E-state index in [2.05, 4.69) is 10.9 Å². The smallest absolute Gasteiger partial charge is 0.254 e. The minimum absolute atomic E-state index is 0.0106. The number of hydrogen-bond acceptors (Lipinski definition) is 4. The lowest BCUT2D eigenvalue weighted by Gasteiger charge is -2.24. The lowest BCUT2D eigenvalue weighted by Crippen LogP contribution is -2.39. The monoisotopic (exact) mass is 336 g/mol. The van der Waals surface area contributed by atoms with Crippen LogP contribution < -0.4 is 4.74 Å². The molecule has 0 aliphatic carbocycles. The van der Waals surface area contributed by atoms with Crippen LogP contribution in [0.1, 0.15) is 22.3 Å². The highest BCUT2D eigenvalue weighted by molar-refractivity contribution is 5.94. The summed E-state index contributed by atoms with van der Waals surface area (Å²) in [5.74, 6) is 3.21. The van der Waals surface area contributed by atoms with Crippen molar-refractivity contribution in [3.8, 4) is 18.1 Å². The van der Waals surface area contributed by atoms with Gasteiger partial charge in [0.1, 0.15) is 12.4 Å². The highest BCUT2D eigenvalue weighted by Crippen LogP contribution is 2.23. The fourth-order valence-electron chi connectivity index (χ4n) is 2.95. The molecule has 1 amide bonds. The fraction of sp³-hybridized carbons (Fsp3) is 0.300. The molecule has 0 unspecified atom stereocenters. The third-order valence-corrected chi connectivity index (χ3v) is 4.35. The summed E-state index contributed by atoms with van der Waals surface area (Å²) >= 11 is 0. The molecule has 1 aliphatic rings. The summed E-state index contributed by atoms with van der Waals surface area (Å²) in [5, 5.41) is 0. The summed E-state index contributed by atoms with van der Waals surface area (Å²) in [7, 11) is 1.67.